The van der Waals surface area contributed by atoms with E-state index >= 15 is 0 Å². The minimum absolute atomic E-state index is 0. The Morgan fingerprint density at radius 3 is 0.600 bits per heavy atom. The van der Waals surface area contributed by atoms with Crippen molar-refractivity contribution in [3.63, 3.8) is 0 Å². The number of carboxylic acid groups (broad SMARTS) is 4. The molecule has 11 heteroatoms. The summed E-state index contributed by atoms with van der Waals surface area (Å²) >= 11 is 0. The fraction of sp³-hybridized carbons (Fsp3) is 0. The molecule has 1 radical (unpaired) electrons. The normalized spacial score (nSPS) is 5.87. The van der Waals surface area contributed by atoms with E-state index in [0.29, 0.717) is 0 Å². The molecular weight excluding hydrogens is 313 g/mol. The third kappa shape index (κ3) is 31.3. The van der Waals surface area contributed by atoms with Gasteiger partial charge in [-0.1, -0.05) is 0 Å². The Hall–Kier alpha value is 1.66. The summed E-state index contributed by atoms with van der Waals surface area (Å²) in [7, 11) is 0. The molecule has 75 valence electrons. The van der Waals surface area contributed by atoms with Crippen molar-refractivity contribution >= 4 is 23.9 Å². The Kier molecular flexibility index (Phi) is 36.1. The van der Waals surface area contributed by atoms with Crippen molar-refractivity contribution in [1.29, 1.82) is 0 Å². The summed E-state index contributed by atoms with van der Waals surface area (Å²) in [5, 5.41) is 35.7. The van der Waals surface area contributed by atoms with Gasteiger partial charge in [0.1, 0.15) is 0 Å². The number of carbonyl (C=O) groups is 4. The van der Waals surface area contributed by atoms with Crippen LogP contribution in [-0.4, -0.2) is 23.9 Å². The molecule has 0 aliphatic carbocycles. The van der Waals surface area contributed by atoms with Crippen LogP contribution in [0.3, 0.4) is 0 Å². The second kappa shape index (κ2) is 18.0. The van der Waals surface area contributed by atoms with Crippen LogP contribution in [0.15, 0.2) is 0 Å². The molecule has 15 heavy (non-hydrogen) atoms. The summed E-state index contributed by atoms with van der Waals surface area (Å²) < 4.78 is 0. The molecule has 0 bridgehead atoms. The minimum Gasteiger partial charge on any atom is -0.543 e. The maximum atomic E-state index is 8.93. The molecule has 0 aromatic carbocycles. The number of hydrogen-bond donors (Lipinski definition) is 0. The van der Waals surface area contributed by atoms with Gasteiger partial charge >= 0.3 is 120 Å². The molecule has 0 fully saturated rings. The number of carbonyl (C=O) groups excluding carboxylic acids is 4. The first-order valence-corrected chi connectivity index (χ1v) is 2.13. The second-order valence-corrected chi connectivity index (χ2v) is 1.15. The predicted molar refractivity (Wildman–Crippen MR) is 20.0 cm³/mol. The zero-order valence-electron chi connectivity index (χ0n) is 7.60. The molecule has 0 saturated heterocycles. The van der Waals surface area contributed by atoms with Crippen molar-refractivity contribution in [2.24, 2.45) is 0 Å². The van der Waals surface area contributed by atoms with Crippen LogP contribution in [0, 0.1) is 0 Å². The molecule has 0 aliphatic heterocycles. The largest absolute Gasteiger partial charge is 2.00 e. The smallest absolute Gasteiger partial charge is 0.543 e. The Morgan fingerprint density at radius 1 is 0.533 bits per heavy atom. The molecule has 8 nitrogen and oxygen atoms in total. The van der Waals surface area contributed by atoms with Gasteiger partial charge in [0.05, 0.1) is 23.9 Å². The summed E-state index contributed by atoms with van der Waals surface area (Å²) in [6.45, 7) is 0. The maximum absolute atomic E-state index is 8.93. The van der Waals surface area contributed by atoms with E-state index in [9.17, 15) is 0 Å². The van der Waals surface area contributed by atoms with Gasteiger partial charge in [0, 0.05) is 0 Å². The standard InChI is InChI=1S/2C2H2O4.Co.2K/c2*3-1(4)2(5)6;;;/h2*(H,3,4)(H,5,6);;;/q;;+2;2*+1/p-4. The predicted octanol–water partition coefficient (Wildman–Crippen LogP) is -13.0. The van der Waals surface area contributed by atoms with Crippen molar-refractivity contribution < 1.29 is 159 Å². The Morgan fingerprint density at radius 2 is 0.600 bits per heavy atom. The quantitative estimate of drug-likeness (QED) is 0.314. The second-order valence-electron chi connectivity index (χ2n) is 1.15. The van der Waals surface area contributed by atoms with E-state index in [0.717, 1.165) is 0 Å². The number of carboxylic acids is 4. The van der Waals surface area contributed by atoms with Crippen molar-refractivity contribution in [3.8, 4) is 0 Å². The minimum atomic E-state index is -2.19. The van der Waals surface area contributed by atoms with Crippen LogP contribution in [0.4, 0.5) is 0 Å². The van der Waals surface area contributed by atoms with E-state index in [2.05, 4.69) is 0 Å². The molecule has 0 N–H and O–H groups in total. The summed E-state index contributed by atoms with van der Waals surface area (Å²) in [4.78, 5) is 35.7. The maximum Gasteiger partial charge on any atom is 2.00 e. The van der Waals surface area contributed by atoms with Gasteiger partial charge < -0.3 is 39.6 Å². The molecule has 0 amide bonds. The molecular formula is C4CoK2O8. The van der Waals surface area contributed by atoms with Crippen LogP contribution in [0.2, 0.25) is 0 Å². The fourth-order valence-corrected chi connectivity index (χ4v) is 0. The van der Waals surface area contributed by atoms with Crippen molar-refractivity contribution in [2.75, 3.05) is 0 Å². The summed E-state index contributed by atoms with van der Waals surface area (Å²) in [5.41, 5.74) is 0. The third-order valence-corrected chi connectivity index (χ3v) is 0.333. The SMILES string of the molecule is O=C([O-])C(=O)[O-].O=C([O-])C(=O)[O-].[Co+2].[K+].[K+]. The van der Waals surface area contributed by atoms with Gasteiger partial charge in [-0.25, -0.2) is 0 Å². The van der Waals surface area contributed by atoms with Crippen molar-refractivity contribution in [3.05, 3.63) is 0 Å². The molecule has 0 aliphatic rings. The summed E-state index contributed by atoms with van der Waals surface area (Å²) in [5.74, 6) is -8.74. The van der Waals surface area contributed by atoms with E-state index < -0.39 is 23.9 Å². The van der Waals surface area contributed by atoms with Gasteiger partial charge in [-0.15, -0.1) is 0 Å². The van der Waals surface area contributed by atoms with Gasteiger partial charge in [-0.05, 0) is 0 Å². The van der Waals surface area contributed by atoms with E-state index in [4.69, 9.17) is 39.6 Å². The first-order chi connectivity index (χ1) is 5.29. The molecule has 0 saturated carbocycles. The van der Waals surface area contributed by atoms with Gasteiger partial charge in [0.2, 0.25) is 0 Å². The topological polar surface area (TPSA) is 161 Å². The van der Waals surface area contributed by atoms with Crippen molar-refractivity contribution in [2.45, 2.75) is 0 Å². The molecule has 0 aromatic rings. The van der Waals surface area contributed by atoms with Crippen LogP contribution in [0.25, 0.3) is 0 Å². The number of rotatable bonds is 0. The molecule has 0 unspecified atom stereocenters. The number of aliphatic carboxylic acids is 4. The van der Waals surface area contributed by atoms with Gasteiger partial charge in [-0.2, -0.15) is 0 Å². The van der Waals surface area contributed by atoms with Gasteiger partial charge in [0.15, 0.2) is 0 Å². The van der Waals surface area contributed by atoms with E-state index in [-0.39, 0.29) is 120 Å². The molecule has 0 atom stereocenters. The monoisotopic (exact) mass is 313 g/mol. The van der Waals surface area contributed by atoms with Gasteiger partial charge in [-0.3, -0.25) is 0 Å². The summed E-state index contributed by atoms with van der Waals surface area (Å²) in [6.07, 6.45) is 0. The molecule has 0 spiro atoms. The van der Waals surface area contributed by atoms with Crippen LogP contribution < -0.4 is 123 Å². The van der Waals surface area contributed by atoms with Crippen LogP contribution >= 0.6 is 0 Å². The Labute approximate surface area is 179 Å². The first-order valence-electron chi connectivity index (χ1n) is 2.13. The van der Waals surface area contributed by atoms with Crippen LogP contribution in [0.5, 0.6) is 0 Å². The zero-order valence-corrected chi connectivity index (χ0v) is 14.9. The molecule has 0 heterocycles. The fourth-order valence-electron chi connectivity index (χ4n) is 0. The van der Waals surface area contributed by atoms with Crippen LogP contribution in [0.1, 0.15) is 0 Å². The van der Waals surface area contributed by atoms with E-state index in [1.54, 1.807) is 0 Å². The van der Waals surface area contributed by atoms with Crippen molar-refractivity contribution in [1.82, 2.24) is 0 Å². The number of hydrogen-bond acceptors (Lipinski definition) is 8. The third-order valence-electron chi connectivity index (χ3n) is 0.333. The van der Waals surface area contributed by atoms with E-state index in [1.165, 1.54) is 0 Å². The Bertz CT molecular complexity index is 181. The zero-order chi connectivity index (χ0) is 10.3. The average Bonchev–Trinajstić information content (AvgIpc) is 1.88. The van der Waals surface area contributed by atoms with E-state index in [1.807, 2.05) is 0 Å². The average molecular weight is 313 g/mol. The summed E-state index contributed by atoms with van der Waals surface area (Å²) in [6, 6.07) is 0. The Balaban J connectivity index is -0.0000000370. The molecule has 0 rings (SSSR count). The van der Waals surface area contributed by atoms with Gasteiger partial charge in [0.25, 0.3) is 0 Å². The molecule has 0 aromatic heterocycles. The van der Waals surface area contributed by atoms with Crippen LogP contribution in [-0.2, 0) is 36.0 Å². The first kappa shape index (κ1) is 30.1.